The molecule has 0 bridgehead atoms. The smallest absolute Gasteiger partial charge is 0.191 e. The lowest BCUT2D eigenvalue weighted by Gasteiger charge is -2.28. The van der Waals surface area contributed by atoms with E-state index < -0.39 is 0 Å². The first-order chi connectivity index (χ1) is 11.8. The van der Waals surface area contributed by atoms with Crippen molar-refractivity contribution in [2.75, 3.05) is 20.2 Å². The minimum Gasteiger partial charge on any atom is -0.493 e. The van der Waals surface area contributed by atoms with Gasteiger partial charge in [-0.25, -0.2) is 0 Å². The van der Waals surface area contributed by atoms with Crippen LogP contribution in [0.5, 0.6) is 5.75 Å². The van der Waals surface area contributed by atoms with Crippen LogP contribution in [0.3, 0.4) is 0 Å². The highest BCUT2D eigenvalue weighted by Crippen LogP contribution is 2.31. The fourth-order valence-electron chi connectivity index (χ4n) is 2.89. The average Bonchev–Trinajstić information content (AvgIpc) is 3.08. The van der Waals surface area contributed by atoms with Crippen LogP contribution < -0.4 is 15.4 Å². The van der Waals surface area contributed by atoms with Gasteiger partial charge in [0, 0.05) is 38.5 Å². The number of ether oxygens (including phenoxy) is 1. The number of nitrogens with zero attached hydrogens (tertiary/aromatic N) is 4. The van der Waals surface area contributed by atoms with Crippen molar-refractivity contribution in [1.29, 1.82) is 0 Å². The molecule has 7 heteroatoms. The molecule has 0 saturated carbocycles. The summed E-state index contributed by atoms with van der Waals surface area (Å²) in [6.45, 7) is 4.36. The standard InChI is InChI=1S/C17H24N6O/c1-3-16-22-20-12-23(16)10-9-19-17(18-2)21-14-8-11-24-15-7-5-4-6-13(14)15/h4-7,12,14H,3,8-11H2,1-2H3,(H2,18,19,21). The number of nitrogens with one attached hydrogen (secondary N) is 2. The van der Waals surface area contributed by atoms with E-state index in [2.05, 4.69) is 43.4 Å². The molecule has 1 aliphatic heterocycles. The third-order valence-corrected chi connectivity index (χ3v) is 4.15. The lowest BCUT2D eigenvalue weighted by Crippen LogP contribution is -2.42. The Kier molecular flexibility index (Phi) is 5.30. The molecule has 2 N–H and O–H groups in total. The minimum atomic E-state index is 0.210. The molecule has 3 rings (SSSR count). The quantitative estimate of drug-likeness (QED) is 0.643. The summed E-state index contributed by atoms with van der Waals surface area (Å²) < 4.78 is 7.77. The summed E-state index contributed by atoms with van der Waals surface area (Å²) in [5, 5.41) is 14.9. The molecule has 24 heavy (non-hydrogen) atoms. The average molecular weight is 328 g/mol. The molecule has 2 heterocycles. The van der Waals surface area contributed by atoms with Gasteiger partial charge in [-0.1, -0.05) is 25.1 Å². The predicted octanol–water partition coefficient (Wildman–Crippen LogP) is 1.53. The zero-order chi connectivity index (χ0) is 16.8. The van der Waals surface area contributed by atoms with Gasteiger partial charge in [0.1, 0.15) is 17.9 Å². The Morgan fingerprint density at radius 2 is 2.29 bits per heavy atom. The van der Waals surface area contributed by atoms with E-state index in [9.17, 15) is 0 Å². The van der Waals surface area contributed by atoms with Gasteiger partial charge in [0.15, 0.2) is 5.96 Å². The highest BCUT2D eigenvalue weighted by molar-refractivity contribution is 5.80. The molecular weight excluding hydrogens is 304 g/mol. The maximum Gasteiger partial charge on any atom is 0.191 e. The topological polar surface area (TPSA) is 76.4 Å². The first kappa shape index (κ1) is 16.3. The molecule has 0 spiro atoms. The van der Waals surface area contributed by atoms with Crippen LogP contribution in [0.4, 0.5) is 0 Å². The lowest BCUT2D eigenvalue weighted by atomic mass is 10.0. The number of rotatable bonds is 5. The largest absolute Gasteiger partial charge is 0.493 e. The number of aromatic nitrogens is 3. The van der Waals surface area contributed by atoms with Gasteiger partial charge in [0.25, 0.3) is 0 Å². The second kappa shape index (κ2) is 7.81. The highest BCUT2D eigenvalue weighted by atomic mass is 16.5. The van der Waals surface area contributed by atoms with Crippen molar-refractivity contribution in [3.63, 3.8) is 0 Å². The molecule has 1 unspecified atom stereocenters. The third-order valence-electron chi connectivity index (χ3n) is 4.15. The molecule has 1 atom stereocenters. The van der Waals surface area contributed by atoms with Crippen LogP contribution in [0.2, 0.25) is 0 Å². The highest BCUT2D eigenvalue weighted by Gasteiger charge is 2.21. The van der Waals surface area contributed by atoms with E-state index in [0.717, 1.165) is 43.5 Å². The van der Waals surface area contributed by atoms with E-state index >= 15 is 0 Å². The van der Waals surface area contributed by atoms with Crippen molar-refractivity contribution in [1.82, 2.24) is 25.4 Å². The number of hydrogen-bond acceptors (Lipinski definition) is 4. The molecule has 0 fully saturated rings. The number of aliphatic imine (C=N–C) groups is 1. The molecular formula is C17H24N6O. The Hall–Kier alpha value is -2.57. The second-order valence-electron chi connectivity index (χ2n) is 5.66. The summed E-state index contributed by atoms with van der Waals surface area (Å²) in [6, 6.07) is 8.36. The van der Waals surface area contributed by atoms with E-state index in [4.69, 9.17) is 4.74 Å². The van der Waals surface area contributed by atoms with Gasteiger partial charge in [-0.3, -0.25) is 4.99 Å². The van der Waals surface area contributed by atoms with Crippen molar-refractivity contribution in [3.8, 4) is 5.75 Å². The Morgan fingerprint density at radius 1 is 1.42 bits per heavy atom. The Labute approximate surface area is 142 Å². The SMILES string of the molecule is CCc1nncn1CCNC(=NC)NC1CCOc2ccccc21. The van der Waals surface area contributed by atoms with Crippen LogP contribution in [0.25, 0.3) is 0 Å². The molecule has 2 aromatic rings. The van der Waals surface area contributed by atoms with Crippen LogP contribution in [-0.4, -0.2) is 40.9 Å². The van der Waals surface area contributed by atoms with Crippen molar-refractivity contribution < 1.29 is 4.74 Å². The van der Waals surface area contributed by atoms with Crippen molar-refractivity contribution in [2.45, 2.75) is 32.4 Å². The molecule has 0 radical (unpaired) electrons. The zero-order valence-electron chi connectivity index (χ0n) is 14.2. The number of fused-ring (bicyclic) bond motifs is 1. The molecule has 1 aromatic heterocycles. The van der Waals surface area contributed by atoms with Crippen LogP contribution in [0.15, 0.2) is 35.6 Å². The summed E-state index contributed by atoms with van der Waals surface area (Å²) in [6.07, 6.45) is 3.57. The van der Waals surface area contributed by atoms with E-state index in [1.54, 1.807) is 13.4 Å². The van der Waals surface area contributed by atoms with Crippen molar-refractivity contribution >= 4 is 5.96 Å². The van der Waals surface area contributed by atoms with Crippen LogP contribution in [-0.2, 0) is 13.0 Å². The Morgan fingerprint density at radius 3 is 3.12 bits per heavy atom. The molecule has 128 valence electrons. The van der Waals surface area contributed by atoms with Crippen LogP contribution in [0.1, 0.15) is 30.8 Å². The molecule has 0 aliphatic carbocycles. The molecule has 1 aliphatic rings. The first-order valence-electron chi connectivity index (χ1n) is 8.37. The fourth-order valence-corrected chi connectivity index (χ4v) is 2.89. The zero-order valence-corrected chi connectivity index (χ0v) is 14.2. The van der Waals surface area contributed by atoms with E-state index in [1.165, 1.54) is 5.56 Å². The first-order valence-corrected chi connectivity index (χ1v) is 8.37. The summed E-state index contributed by atoms with van der Waals surface area (Å²) in [5.41, 5.74) is 1.18. The summed E-state index contributed by atoms with van der Waals surface area (Å²) in [5.74, 6) is 2.75. The molecule has 0 saturated heterocycles. The van der Waals surface area contributed by atoms with Crippen molar-refractivity contribution in [3.05, 3.63) is 42.0 Å². The predicted molar refractivity (Wildman–Crippen MR) is 93.2 cm³/mol. The van der Waals surface area contributed by atoms with Crippen LogP contribution in [0, 0.1) is 0 Å². The fraction of sp³-hybridized carbons (Fsp3) is 0.471. The maximum absolute atomic E-state index is 5.71. The Bertz CT molecular complexity index is 696. The number of hydrogen-bond donors (Lipinski definition) is 2. The van der Waals surface area contributed by atoms with E-state index in [0.29, 0.717) is 6.61 Å². The van der Waals surface area contributed by atoms with Gasteiger partial charge in [-0.15, -0.1) is 10.2 Å². The molecule has 7 nitrogen and oxygen atoms in total. The maximum atomic E-state index is 5.71. The number of guanidine groups is 1. The minimum absolute atomic E-state index is 0.210. The summed E-state index contributed by atoms with van der Waals surface area (Å²) in [7, 11) is 1.79. The lowest BCUT2D eigenvalue weighted by molar-refractivity contribution is 0.261. The van der Waals surface area contributed by atoms with E-state index in [-0.39, 0.29) is 6.04 Å². The normalized spacial score (nSPS) is 17.1. The molecule has 1 aromatic carbocycles. The summed E-state index contributed by atoms with van der Waals surface area (Å²) in [4.78, 5) is 4.33. The number of benzene rings is 1. The van der Waals surface area contributed by atoms with Gasteiger partial charge in [0.05, 0.1) is 12.6 Å². The molecule has 0 amide bonds. The van der Waals surface area contributed by atoms with Gasteiger partial charge < -0.3 is 19.9 Å². The van der Waals surface area contributed by atoms with Gasteiger partial charge in [0.2, 0.25) is 0 Å². The number of para-hydroxylation sites is 1. The van der Waals surface area contributed by atoms with Crippen molar-refractivity contribution in [2.24, 2.45) is 4.99 Å². The third kappa shape index (κ3) is 3.67. The number of aryl methyl sites for hydroxylation is 1. The van der Waals surface area contributed by atoms with Crippen LogP contribution >= 0.6 is 0 Å². The second-order valence-corrected chi connectivity index (χ2v) is 5.66. The van der Waals surface area contributed by atoms with Gasteiger partial charge in [-0.2, -0.15) is 0 Å². The Balaban J connectivity index is 1.56. The monoisotopic (exact) mass is 328 g/mol. The van der Waals surface area contributed by atoms with Gasteiger partial charge >= 0.3 is 0 Å². The van der Waals surface area contributed by atoms with Gasteiger partial charge in [-0.05, 0) is 6.07 Å². The summed E-state index contributed by atoms with van der Waals surface area (Å²) >= 11 is 0. The van der Waals surface area contributed by atoms with E-state index in [1.807, 2.05) is 18.2 Å².